The Morgan fingerprint density at radius 2 is 0.714 bits per heavy atom. The molecule has 2 amide bonds. The van der Waals surface area contributed by atoms with Crippen molar-refractivity contribution in [1.29, 1.82) is 0 Å². The van der Waals surface area contributed by atoms with Crippen molar-refractivity contribution in [3.05, 3.63) is 0 Å². The zero-order valence-electron chi connectivity index (χ0n) is 42.4. The fraction of sp³-hybridized carbons (Fsp3) is 0.922. The van der Waals surface area contributed by atoms with Crippen molar-refractivity contribution in [3.63, 3.8) is 0 Å². The van der Waals surface area contributed by atoms with E-state index in [0.717, 1.165) is 110 Å². The quantitative estimate of drug-likeness (QED) is 0.0332. The van der Waals surface area contributed by atoms with Crippen molar-refractivity contribution in [2.24, 2.45) is 11.8 Å². The maximum Gasteiger partial charge on any atom is 0.409 e. The van der Waals surface area contributed by atoms with Crippen LogP contribution in [0.15, 0.2) is 0 Å². The van der Waals surface area contributed by atoms with Gasteiger partial charge in [0.1, 0.15) is 13.2 Å². The van der Waals surface area contributed by atoms with E-state index in [1.54, 1.807) is 9.80 Å². The zero-order valence-corrected chi connectivity index (χ0v) is 42.4. The molecule has 0 N–H and O–H groups in total. The second-order valence-corrected chi connectivity index (χ2v) is 17.7. The van der Waals surface area contributed by atoms with E-state index < -0.39 is 12.2 Å². The van der Waals surface area contributed by atoms with Crippen LogP contribution >= 0.6 is 0 Å². The average molecular weight is 897 g/mol. The number of ether oxygens (including phenoxy) is 4. The minimum atomic E-state index is -0.420. The Kier molecular flexibility index (Phi) is 41.5. The molecular weight excluding hydrogens is 797 g/mol. The summed E-state index contributed by atoms with van der Waals surface area (Å²) in [7, 11) is 0. The lowest BCUT2D eigenvalue weighted by atomic mass is 9.96. The molecule has 0 atom stereocenters. The number of rotatable bonds is 44. The van der Waals surface area contributed by atoms with Gasteiger partial charge in [0.15, 0.2) is 0 Å². The highest BCUT2D eigenvalue weighted by atomic mass is 16.6. The summed E-state index contributed by atoms with van der Waals surface area (Å²) in [5.41, 5.74) is 0. The maximum atomic E-state index is 13.4. The van der Waals surface area contributed by atoms with Crippen LogP contribution in [0.4, 0.5) is 9.59 Å². The third-order valence-corrected chi connectivity index (χ3v) is 12.2. The number of amides is 2. The average Bonchev–Trinajstić information content (AvgIpc) is 3.28. The van der Waals surface area contributed by atoms with Crippen LogP contribution in [0.25, 0.3) is 0 Å². The highest BCUT2D eigenvalue weighted by molar-refractivity contribution is 5.72. The van der Waals surface area contributed by atoms with Gasteiger partial charge >= 0.3 is 24.1 Å². The van der Waals surface area contributed by atoms with E-state index in [4.69, 9.17) is 18.9 Å². The normalized spacial score (nSPS) is 11.5. The zero-order chi connectivity index (χ0) is 46.8. The van der Waals surface area contributed by atoms with Gasteiger partial charge in [-0.05, 0) is 83.0 Å². The van der Waals surface area contributed by atoms with Gasteiger partial charge in [0, 0.05) is 39.3 Å². The molecule has 0 unspecified atom stereocenters. The van der Waals surface area contributed by atoms with Crippen LogP contribution in [0, 0.1) is 11.8 Å². The number of carbonyl (C=O) groups excluding carboxylic acids is 4. The SMILES string of the molecule is CCCCCC(CCCCC)COC(=O)CCN(CCCC)C(=O)OCCN(CCCN(CC)CC)CCOC(=O)N(CCCC)CCC(=O)OCC(CCCCC)CCCCC. The molecule has 0 bridgehead atoms. The van der Waals surface area contributed by atoms with Crippen molar-refractivity contribution in [2.45, 2.75) is 203 Å². The maximum absolute atomic E-state index is 13.4. The lowest BCUT2D eigenvalue weighted by Crippen LogP contribution is -2.39. The first-order chi connectivity index (χ1) is 30.6. The Balaban J connectivity index is 5.32. The summed E-state index contributed by atoms with van der Waals surface area (Å²) in [4.78, 5) is 60.3. The monoisotopic (exact) mass is 897 g/mol. The predicted octanol–water partition coefficient (Wildman–Crippen LogP) is 11.9. The van der Waals surface area contributed by atoms with E-state index in [-0.39, 0.29) is 51.1 Å². The molecule has 0 rings (SSSR count). The van der Waals surface area contributed by atoms with Crippen LogP contribution in [0.3, 0.4) is 0 Å². The van der Waals surface area contributed by atoms with E-state index >= 15 is 0 Å². The van der Waals surface area contributed by atoms with Crippen LogP contribution in [0.5, 0.6) is 0 Å². The van der Waals surface area contributed by atoms with E-state index in [1.165, 1.54) is 51.4 Å². The van der Waals surface area contributed by atoms with Gasteiger partial charge in [-0.15, -0.1) is 0 Å². The summed E-state index contributed by atoms with van der Waals surface area (Å²) >= 11 is 0. The Morgan fingerprint density at radius 3 is 1.05 bits per heavy atom. The molecule has 63 heavy (non-hydrogen) atoms. The molecule has 0 aliphatic rings. The highest BCUT2D eigenvalue weighted by Gasteiger charge is 2.21. The molecule has 0 aliphatic heterocycles. The van der Waals surface area contributed by atoms with Crippen LogP contribution in [-0.2, 0) is 28.5 Å². The van der Waals surface area contributed by atoms with Gasteiger partial charge in [-0.2, -0.15) is 0 Å². The van der Waals surface area contributed by atoms with Crippen LogP contribution in [0.1, 0.15) is 203 Å². The topological polar surface area (TPSA) is 118 Å². The molecule has 12 nitrogen and oxygen atoms in total. The van der Waals surface area contributed by atoms with E-state index in [2.05, 4.69) is 65.2 Å². The van der Waals surface area contributed by atoms with Gasteiger partial charge < -0.3 is 33.6 Å². The van der Waals surface area contributed by atoms with Crippen molar-refractivity contribution in [1.82, 2.24) is 19.6 Å². The molecule has 0 fully saturated rings. The van der Waals surface area contributed by atoms with E-state index in [0.29, 0.717) is 51.2 Å². The minimum Gasteiger partial charge on any atom is -0.465 e. The van der Waals surface area contributed by atoms with Crippen LogP contribution < -0.4 is 0 Å². The van der Waals surface area contributed by atoms with Crippen LogP contribution in [-0.4, -0.2) is 136 Å². The lowest BCUT2D eigenvalue weighted by Gasteiger charge is -2.26. The summed E-state index contributed by atoms with van der Waals surface area (Å²) in [6.07, 6.45) is 22.4. The molecule has 0 aromatic heterocycles. The molecule has 0 aliphatic carbocycles. The Hall–Kier alpha value is -2.60. The summed E-state index contributed by atoms with van der Waals surface area (Å²) in [5.74, 6) is 0.263. The Labute approximate surface area is 387 Å². The van der Waals surface area contributed by atoms with Gasteiger partial charge in [-0.25, -0.2) is 9.59 Å². The second kappa shape index (κ2) is 43.3. The molecule has 0 saturated carbocycles. The molecule has 0 radical (unpaired) electrons. The third-order valence-electron chi connectivity index (χ3n) is 12.2. The highest BCUT2D eigenvalue weighted by Crippen LogP contribution is 2.20. The molecule has 0 heterocycles. The van der Waals surface area contributed by atoms with Gasteiger partial charge in [0.05, 0.1) is 26.1 Å². The van der Waals surface area contributed by atoms with Gasteiger partial charge in [-0.1, -0.05) is 145 Å². The van der Waals surface area contributed by atoms with Crippen molar-refractivity contribution in [2.75, 3.05) is 91.9 Å². The molecule has 0 aromatic carbocycles. The third kappa shape index (κ3) is 34.4. The van der Waals surface area contributed by atoms with Gasteiger partial charge in [-0.3, -0.25) is 14.5 Å². The van der Waals surface area contributed by atoms with Crippen molar-refractivity contribution in [3.8, 4) is 0 Å². The summed E-state index contributed by atoms with van der Waals surface area (Å²) < 4.78 is 23.1. The smallest absolute Gasteiger partial charge is 0.409 e. The van der Waals surface area contributed by atoms with Crippen LogP contribution in [0.2, 0.25) is 0 Å². The molecule has 0 saturated heterocycles. The number of carbonyl (C=O) groups is 4. The minimum absolute atomic E-state index is 0.146. The van der Waals surface area contributed by atoms with Crippen molar-refractivity contribution >= 4 is 24.1 Å². The summed E-state index contributed by atoms with van der Waals surface area (Å²) in [6.45, 7) is 24.8. The number of unbranched alkanes of at least 4 members (excludes halogenated alkanes) is 10. The molecule has 0 aromatic rings. The fourth-order valence-electron chi connectivity index (χ4n) is 7.76. The van der Waals surface area contributed by atoms with E-state index in [1.807, 2.05) is 0 Å². The molecule has 12 heteroatoms. The number of esters is 2. The van der Waals surface area contributed by atoms with Gasteiger partial charge in [0.25, 0.3) is 0 Å². The standard InChI is InChI=1S/C51H100N4O8/c1-9-17-23-28-46(29-24-18-10-2)44-62-48(56)32-38-54(36-21-13-5)50(58)60-42-40-53(35-27-34-52(15-7)16-8)41-43-61-51(59)55(37-22-14-6)39-33-49(57)63-45-47(30-25-19-11-3)31-26-20-12-4/h46-47H,9-45H2,1-8H3. The number of hydrogen-bond donors (Lipinski definition) is 0. The first-order valence-corrected chi connectivity index (χ1v) is 26.2. The molecular formula is C51H100N4O8. The molecule has 0 spiro atoms. The first kappa shape index (κ1) is 60.4. The second-order valence-electron chi connectivity index (χ2n) is 17.7. The van der Waals surface area contributed by atoms with Gasteiger partial charge in [0.2, 0.25) is 0 Å². The first-order valence-electron chi connectivity index (χ1n) is 26.2. The summed E-state index contributed by atoms with van der Waals surface area (Å²) in [5, 5.41) is 0. The predicted molar refractivity (Wildman–Crippen MR) is 259 cm³/mol. The number of hydrogen-bond acceptors (Lipinski definition) is 10. The summed E-state index contributed by atoms with van der Waals surface area (Å²) in [6, 6.07) is 0. The number of nitrogens with zero attached hydrogens (tertiary/aromatic N) is 4. The fourth-order valence-corrected chi connectivity index (χ4v) is 7.76. The Morgan fingerprint density at radius 1 is 0.365 bits per heavy atom. The molecule has 372 valence electrons. The lowest BCUT2D eigenvalue weighted by molar-refractivity contribution is -0.146. The Bertz CT molecular complexity index is 1000. The van der Waals surface area contributed by atoms with E-state index in [9.17, 15) is 19.2 Å². The largest absolute Gasteiger partial charge is 0.465 e. The van der Waals surface area contributed by atoms with Crippen molar-refractivity contribution < 1.29 is 38.1 Å².